The number of methoxy groups -OCH3 is 1. The highest BCUT2D eigenvalue weighted by Gasteiger charge is 2.32. The van der Waals surface area contributed by atoms with Crippen LogP contribution in [0.3, 0.4) is 0 Å². The molecule has 0 aromatic carbocycles. The van der Waals surface area contributed by atoms with E-state index in [1.54, 1.807) is 18.4 Å². The lowest BCUT2D eigenvalue weighted by Crippen LogP contribution is -2.52. The first-order chi connectivity index (χ1) is 52.9. The second-order valence-electron chi connectivity index (χ2n) is 36.5. The van der Waals surface area contributed by atoms with E-state index in [-0.39, 0.29) is 48.1 Å². The van der Waals surface area contributed by atoms with Gasteiger partial charge in [-0.25, -0.2) is 0 Å². The summed E-state index contributed by atoms with van der Waals surface area (Å²) in [6, 6.07) is 1.57. The summed E-state index contributed by atoms with van der Waals surface area (Å²) >= 11 is 1.71. The molecule has 2 amide bonds. The van der Waals surface area contributed by atoms with Gasteiger partial charge in [0.15, 0.2) is 5.78 Å². The first-order valence-electron chi connectivity index (χ1n) is 44.7. The summed E-state index contributed by atoms with van der Waals surface area (Å²) in [5.74, 6) is 9.60. The maximum absolute atomic E-state index is 11.8. The van der Waals surface area contributed by atoms with Crippen molar-refractivity contribution in [2.24, 2.45) is 65.1 Å². The fourth-order valence-electron chi connectivity index (χ4n) is 12.1. The fourth-order valence-corrected chi connectivity index (χ4v) is 12.8. The Hall–Kier alpha value is -4.22. The zero-order valence-corrected chi connectivity index (χ0v) is 79.2. The maximum Gasteiger partial charge on any atom is 0.217 e. The highest BCUT2D eigenvalue weighted by molar-refractivity contribution is 7.11. The van der Waals surface area contributed by atoms with Crippen LogP contribution in [-0.2, 0) is 49.5 Å². The molecule has 0 bridgehead atoms. The van der Waals surface area contributed by atoms with E-state index in [9.17, 15) is 38.4 Å². The first kappa shape index (κ1) is 115. The van der Waals surface area contributed by atoms with Crippen LogP contribution in [0.15, 0.2) is 12.3 Å². The van der Waals surface area contributed by atoms with E-state index in [2.05, 4.69) is 203 Å². The molecule has 0 radical (unpaired) electrons. The molecular formula is C92H181N11O9S. The van der Waals surface area contributed by atoms with Crippen LogP contribution < -0.4 is 42.5 Å². The third-order valence-electron chi connectivity index (χ3n) is 19.2. The van der Waals surface area contributed by atoms with Crippen LogP contribution in [0.5, 0.6) is 0 Å². The smallest absolute Gasteiger partial charge is 0.217 e. The van der Waals surface area contributed by atoms with Gasteiger partial charge in [-0.3, -0.25) is 38.4 Å². The predicted octanol–water partition coefficient (Wildman–Crippen LogP) is 17.5. The molecule has 6 rings (SSSR count). The number of nitrogens with one attached hydrogen (secondary N) is 8. The third-order valence-corrected chi connectivity index (χ3v) is 20.1. The topological polar surface area (TPSA) is 271 Å². The van der Waals surface area contributed by atoms with Crippen LogP contribution >= 0.6 is 11.3 Å². The van der Waals surface area contributed by atoms with E-state index in [1.807, 2.05) is 41.5 Å². The zero-order chi connectivity index (χ0) is 87.1. The summed E-state index contributed by atoms with van der Waals surface area (Å²) in [5, 5.41) is 35.1. The Bertz CT molecular complexity index is 2420. The van der Waals surface area contributed by atoms with Gasteiger partial charge in [-0.15, -0.1) is 21.5 Å². The number of ether oxygens (including phenoxy) is 1. The van der Waals surface area contributed by atoms with Crippen molar-refractivity contribution < 1.29 is 43.1 Å². The summed E-state index contributed by atoms with van der Waals surface area (Å²) in [5.41, 5.74) is 1.05. The van der Waals surface area contributed by atoms with Crippen molar-refractivity contribution in [3.05, 3.63) is 22.3 Å². The average Bonchev–Trinajstić information content (AvgIpc) is 1.84. The van der Waals surface area contributed by atoms with Crippen molar-refractivity contribution in [1.82, 2.24) is 57.6 Å². The van der Waals surface area contributed by atoms with Gasteiger partial charge in [-0.2, -0.15) is 0 Å². The molecule has 113 heavy (non-hydrogen) atoms. The molecule has 6 heterocycles. The quantitative estimate of drug-likeness (QED) is 0.0285. The molecule has 5 saturated heterocycles. The third kappa shape index (κ3) is 75.0. The van der Waals surface area contributed by atoms with Gasteiger partial charge >= 0.3 is 0 Å². The van der Waals surface area contributed by atoms with Crippen LogP contribution in [0, 0.1) is 72.0 Å². The normalized spacial score (nSPS) is 19.0. The van der Waals surface area contributed by atoms with E-state index >= 15 is 0 Å². The Morgan fingerprint density at radius 1 is 0.469 bits per heavy atom. The Kier molecular flexibility index (Phi) is 73.2. The van der Waals surface area contributed by atoms with Crippen molar-refractivity contribution in [2.75, 3.05) is 72.6 Å². The minimum Gasteiger partial charge on any atom is -0.387 e. The lowest BCUT2D eigenvalue weighted by molar-refractivity contribution is -0.128. The number of aromatic nitrogens is 2. The number of likely N-dealkylation sites (tertiary alicyclic amines) is 1. The lowest BCUT2D eigenvalue weighted by Gasteiger charge is -2.38. The number of piperazine rings is 1. The minimum absolute atomic E-state index is 0.0370. The summed E-state index contributed by atoms with van der Waals surface area (Å²) < 4.78 is 4.89. The molecule has 0 spiro atoms. The van der Waals surface area contributed by atoms with Gasteiger partial charge in [0.2, 0.25) is 11.8 Å². The molecule has 20 nitrogen and oxygen atoms in total. The number of carbonyl (C=O) groups is 8. The number of nitrogens with zero attached hydrogens (tertiary/aromatic N) is 3. The highest BCUT2D eigenvalue weighted by Crippen LogP contribution is 2.23. The predicted molar refractivity (Wildman–Crippen MR) is 480 cm³/mol. The van der Waals surface area contributed by atoms with Gasteiger partial charge in [-0.1, -0.05) is 157 Å². The molecule has 8 N–H and O–H groups in total. The summed E-state index contributed by atoms with van der Waals surface area (Å²) in [4.78, 5) is 91.8. The van der Waals surface area contributed by atoms with Crippen LogP contribution in [0.25, 0.3) is 0 Å². The van der Waals surface area contributed by atoms with Gasteiger partial charge in [-0.05, 0) is 204 Å². The average molecular weight is 1620 g/mol. The van der Waals surface area contributed by atoms with E-state index in [0.29, 0.717) is 106 Å². The molecule has 5 aliphatic heterocycles. The fraction of sp³-hybridized carbons (Fsp3) is 0.870. The maximum atomic E-state index is 11.8. The second kappa shape index (κ2) is 71.9. The monoisotopic (exact) mass is 1620 g/mol. The largest absolute Gasteiger partial charge is 0.387 e. The first-order valence-corrected chi connectivity index (χ1v) is 45.5. The number of carbonyl (C=O) groups excluding carboxylic acids is 8. The van der Waals surface area contributed by atoms with Gasteiger partial charge in [0.1, 0.15) is 38.9 Å². The number of hydrogen-bond donors (Lipinski definition) is 8. The number of ketones is 6. The van der Waals surface area contributed by atoms with Crippen molar-refractivity contribution in [3.8, 4) is 0 Å². The molecule has 1 aromatic rings. The summed E-state index contributed by atoms with van der Waals surface area (Å²) in [6.07, 6.45) is 23.1. The van der Waals surface area contributed by atoms with Gasteiger partial charge in [0.25, 0.3) is 0 Å². The minimum atomic E-state index is 0.0370. The highest BCUT2D eigenvalue weighted by atomic mass is 32.1. The van der Waals surface area contributed by atoms with Crippen molar-refractivity contribution in [2.45, 2.75) is 384 Å². The Balaban J connectivity index is -0.000000590. The lowest BCUT2D eigenvalue weighted by atomic mass is 9.90. The van der Waals surface area contributed by atoms with Gasteiger partial charge in [0.05, 0.1) is 30.8 Å². The van der Waals surface area contributed by atoms with Gasteiger partial charge < -0.3 is 52.2 Å². The van der Waals surface area contributed by atoms with E-state index in [1.165, 1.54) is 57.5 Å². The van der Waals surface area contributed by atoms with Crippen LogP contribution in [0.4, 0.5) is 0 Å². The number of hydrogen-bond acceptors (Lipinski definition) is 19. The van der Waals surface area contributed by atoms with Crippen LogP contribution in [0.1, 0.15) is 338 Å². The Morgan fingerprint density at radius 3 is 1.12 bits per heavy atom. The number of amides is 2. The van der Waals surface area contributed by atoms with E-state index < -0.39 is 0 Å². The molecule has 5 fully saturated rings. The molecule has 0 aliphatic carbocycles. The van der Waals surface area contributed by atoms with Gasteiger partial charge in [0, 0.05) is 141 Å². The van der Waals surface area contributed by atoms with Crippen molar-refractivity contribution >= 4 is 57.9 Å². The molecular weight excluding hydrogens is 1440 g/mol. The number of Topliss-reactive ketones (excluding diaryl/α,β-unsaturated/α-hetero) is 6. The van der Waals surface area contributed by atoms with Crippen LogP contribution in [0.2, 0.25) is 0 Å². The Morgan fingerprint density at radius 2 is 0.841 bits per heavy atom. The summed E-state index contributed by atoms with van der Waals surface area (Å²) in [6.45, 7) is 71.7. The number of unbranched alkanes of at least 4 members (excludes halogenated alkanes) is 3. The molecule has 21 heteroatoms. The molecule has 1 aromatic heterocycles. The number of aryl methyl sites for hydroxylation is 2. The SMILES string of the molecule is C=C(CCOC)NC(C)C.CC(=O)NC(C)C.CC(=O)NC(C)C.CC(C)CCC(=O)C1CNCCN1.CC(C)CCC(=O)C1C[C@H](C)CN1.CC(C)CCC(=O)C1C[C@H](C)CN1.CC(C)CCC(=O)C1C[C@H](C)CN1.CCC(=O)CCC(C)C.CCCCCCN1CC(C(=O)CCC(C)C)C1.Cc1nnc(CCC(C)C)s1. The van der Waals surface area contributed by atoms with E-state index in [0.717, 1.165) is 185 Å². The molecule has 7 atom stereocenters. The second-order valence-corrected chi connectivity index (χ2v) is 37.7. The Labute approximate surface area is 698 Å². The number of rotatable bonds is 39. The van der Waals surface area contributed by atoms with Crippen molar-refractivity contribution in [3.63, 3.8) is 0 Å². The van der Waals surface area contributed by atoms with Crippen molar-refractivity contribution in [1.29, 1.82) is 0 Å². The molecule has 664 valence electrons. The zero-order valence-electron chi connectivity index (χ0n) is 78.4. The molecule has 0 saturated carbocycles. The standard InChI is InChI=1S/C15H29NO.3C11H21NO.C10H20N2O.C8H14N2S.C8H17NO.C8H16O.2C5H11NO/c1-4-5-6-7-10-16-11-14(12-16)15(17)9-8-13(2)3;3*1-8(2)4-5-11(13)10-6-9(3)7-12-10;1-8(2)3-4-10(13)9-7-11-5-6-12-9;1-6(2)4-5-8-10-9-7(3)11-8;1-7(2)9-8(3)5-6-10-4;1-4-8(9)6-5-7(2)3;2*1-4(2)6-5(3)7/h13-14H,4-12H2,1-3H3;3*8-10,12H,4-7H2,1-3H3;8-9,11-12H,3-7H2,1-2H3;6H,4-5H2,1-3H3;7,9H,3,5-6H2,1-2,4H3;7H,4-6H2,1-3H3;2*4H,1-3H3,(H,6,7)/t;3*9-,10?;;;;;;/m.000....../s1. The summed E-state index contributed by atoms with van der Waals surface area (Å²) in [7, 11) is 1.70. The molecule has 4 unspecified atom stereocenters. The molecule has 5 aliphatic rings. The van der Waals surface area contributed by atoms with Crippen LogP contribution in [-0.4, -0.2) is 177 Å². The van der Waals surface area contributed by atoms with E-state index in [4.69, 9.17) is 4.74 Å².